The van der Waals surface area contributed by atoms with Crippen LogP contribution in [-0.4, -0.2) is 52.7 Å². The van der Waals surface area contributed by atoms with Crippen molar-refractivity contribution in [2.75, 3.05) is 29.9 Å². The zero-order valence-corrected chi connectivity index (χ0v) is 20.3. The van der Waals surface area contributed by atoms with Crippen molar-refractivity contribution in [2.24, 2.45) is 0 Å². The fourth-order valence-corrected chi connectivity index (χ4v) is 4.93. The monoisotopic (exact) mass is 503 g/mol. The van der Waals surface area contributed by atoms with Gasteiger partial charge < -0.3 is 14.5 Å². The lowest BCUT2D eigenvalue weighted by molar-refractivity contribution is -0.137. The number of ether oxygens (including phenoxy) is 1. The van der Waals surface area contributed by atoms with Gasteiger partial charge in [0.2, 0.25) is 0 Å². The van der Waals surface area contributed by atoms with Crippen LogP contribution in [0.2, 0.25) is 0 Å². The van der Waals surface area contributed by atoms with E-state index >= 15 is 0 Å². The number of nitriles is 1. The Morgan fingerprint density at radius 2 is 1.80 bits per heavy atom. The van der Waals surface area contributed by atoms with E-state index in [1.165, 1.54) is 11.0 Å². The van der Waals surface area contributed by atoms with E-state index in [0.29, 0.717) is 11.4 Å². The molecule has 1 aromatic heterocycles. The highest BCUT2D eigenvalue weighted by Gasteiger charge is 2.52. The van der Waals surface area contributed by atoms with Gasteiger partial charge in [0.05, 0.1) is 5.69 Å². The lowest BCUT2D eigenvalue weighted by atomic mass is 10.0. The molecule has 2 aromatic rings. The number of piperidine rings is 1. The molecule has 1 aromatic carbocycles. The number of alkyl halides is 3. The van der Waals surface area contributed by atoms with Crippen LogP contribution in [-0.2, 0) is 11.0 Å². The molecule has 3 heterocycles. The molecule has 2 saturated heterocycles. The predicted octanol–water partition coefficient (Wildman–Crippen LogP) is 4.36. The molecule has 2 fully saturated rings. The summed E-state index contributed by atoms with van der Waals surface area (Å²) in [6, 6.07) is 9.49. The lowest BCUT2D eigenvalue weighted by Crippen LogP contribution is -2.44. The van der Waals surface area contributed by atoms with E-state index in [9.17, 15) is 23.2 Å². The maximum Gasteiger partial charge on any atom is 0.421 e. The van der Waals surface area contributed by atoms with Gasteiger partial charge in [-0.1, -0.05) is 0 Å². The van der Waals surface area contributed by atoms with Crippen LogP contribution in [0.25, 0.3) is 0 Å². The van der Waals surface area contributed by atoms with E-state index in [1.807, 2.05) is 0 Å². The number of hydrogen-bond donors (Lipinski definition) is 0. The standard InChI is InChI=1S/C24H24F3N5O2S/c1-23(2)21(33)31(19-8-11-29-18(14-28)20(19)24(25,26)27)22(35)32(23)15-4-6-16(7-5-15)34-17-9-12-30(3)13-10-17/h4-8,11,17H,9-10,12-13H2,1-3H3. The van der Waals surface area contributed by atoms with Crippen LogP contribution >= 0.6 is 12.2 Å². The van der Waals surface area contributed by atoms with Gasteiger partial charge in [0.15, 0.2) is 10.8 Å². The van der Waals surface area contributed by atoms with Gasteiger partial charge in [0.25, 0.3) is 5.91 Å². The molecular formula is C24H24F3N5O2S. The molecule has 0 bridgehead atoms. The third-order valence-electron chi connectivity index (χ3n) is 6.29. The Morgan fingerprint density at radius 3 is 2.37 bits per heavy atom. The zero-order valence-electron chi connectivity index (χ0n) is 19.5. The van der Waals surface area contributed by atoms with Crippen molar-refractivity contribution in [1.82, 2.24) is 9.88 Å². The summed E-state index contributed by atoms with van der Waals surface area (Å²) in [6.07, 6.45) is -1.90. The zero-order chi connectivity index (χ0) is 25.5. The number of carbonyl (C=O) groups is 1. The third-order valence-corrected chi connectivity index (χ3v) is 6.66. The summed E-state index contributed by atoms with van der Waals surface area (Å²) in [5.41, 5.74) is -3.37. The molecule has 2 aliphatic heterocycles. The first-order valence-corrected chi connectivity index (χ1v) is 11.5. The predicted molar refractivity (Wildman–Crippen MR) is 128 cm³/mol. The van der Waals surface area contributed by atoms with Crippen LogP contribution in [0, 0.1) is 11.3 Å². The molecular weight excluding hydrogens is 479 g/mol. The van der Waals surface area contributed by atoms with Gasteiger partial charge >= 0.3 is 6.18 Å². The number of benzene rings is 1. The number of hydrogen-bond acceptors (Lipinski definition) is 6. The maximum atomic E-state index is 13.9. The Labute approximate surface area is 206 Å². The number of likely N-dealkylation sites (tertiary alicyclic amines) is 1. The number of pyridine rings is 1. The van der Waals surface area contributed by atoms with Crippen LogP contribution in [0.5, 0.6) is 5.75 Å². The number of anilines is 2. The van der Waals surface area contributed by atoms with Crippen LogP contribution in [0.4, 0.5) is 24.5 Å². The number of halogens is 3. The first-order chi connectivity index (χ1) is 16.4. The summed E-state index contributed by atoms with van der Waals surface area (Å²) in [5.74, 6) is 0.0244. The maximum absolute atomic E-state index is 13.9. The van der Waals surface area contributed by atoms with Gasteiger partial charge in [-0.2, -0.15) is 18.4 Å². The number of thiocarbonyl (C=S) groups is 1. The topological polar surface area (TPSA) is 72.7 Å². The molecule has 0 radical (unpaired) electrons. The first kappa shape index (κ1) is 24.9. The molecule has 2 aliphatic rings. The Hall–Kier alpha value is -3.23. The van der Waals surface area contributed by atoms with Crippen molar-refractivity contribution in [1.29, 1.82) is 5.26 Å². The van der Waals surface area contributed by atoms with E-state index in [4.69, 9.17) is 17.0 Å². The molecule has 0 atom stereocenters. The van der Waals surface area contributed by atoms with Gasteiger partial charge in [-0.05, 0) is 76.3 Å². The van der Waals surface area contributed by atoms with Crippen LogP contribution < -0.4 is 14.5 Å². The molecule has 0 saturated carbocycles. The quantitative estimate of drug-likeness (QED) is 0.574. The smallest absolute Gasteiger partial charge is 0.421 e. The van der Waals surface area contributed by atoms with Gasteiger partial charge in [0.1, 0.15) is 29.0 Å². The summed E-state index contributed by atoms with van der Waals surface area (Å²) in [7, 11) is 2.07. The lowest BCUT2D eigenvalue weighted by Gasteiger charge is -2.31. The Bertz CT molecular complexity index is 1190. The van der Waals surface area contributed by atoms with E-state index in [-0.39, 0.29) is 11.2 Å². The number of amides is 1. The second kappa shape index (κ2) is 9.09. The third kappa shape index (κ3) is 4.56. The SMILES string of the molecule is CN1CCC(Oc2ccc(N3C(=S)N(c4ccnc(C#N)c4C(F)(F)F)C(=O)C3(C)C)cc2)CC1. The summed E-state index contributed by atoms with van der Waals surface area (Å²) in [4.78, 5) is 21.5. The second-order valence-corrected chi connectivity index (χ2v) is 9.46. The summed E-state index contributed by atoms with van der Waals surface area (Å²) in [5, 5.41) is 9.08. The number of nitrogens with zero attached hydrogens (tertiary/aromatic N) is 5. The van der Waals surface area contributed by atoms with E-state index < -0.39 is 34.6 Å². The van der Waals surface area contributed by atoms with Gasteiger partial charge in [0, 0.05) is 25.0 Å². The molecule has 11 heteroatoms. The average molecular weight is 504 g/mol. The summed E-state index contributed by atoms with van der Waals surface area (Å²) in [6.45, 7) is 5.09. The van der Waals surface area contributed by atoms with Crippen molar-refractivity contribution in [3.8, 4) is 11.8 Å². The highest BCUT2D eigenvalue weighted by atomic mass is 32.1. The van der Waals surface area contributed by atoms with Crippen molar-refractivity contribution in [3.63, 3.8) is 0 Å². The van der Waals surface area contributed by atoms with Crippen LogP contribution in [0.1, 0.15) is 37.9 Å². The second-order valence-electron chi connectivity index (χ2n) is 9.10. The average Bonchev–Trinajstić information content (AvgIpc) is 2.98. The van der Waals surface area contributed by atoms with E-state index in [1.54, 1.807) is 38.1 Å². The van der Waals surface area contributed by atoms with Crippen molar-refractivity contribution >= 4 is 34.6 Å². The summed E-state index contributed by atoms with van der Waals surface area (Å²) < 4.78 is 47.7. The van der Waals surface area contributed by atoms with Crippen LogP contribution in [0.3, 0.4) is 0 Å². The largest absolute Gasteiger partial charge is 0.490 e. The number of rotatable bonds is 4. The molecule has 0 unspecified atom stereocenters. The van der Waals surface area contributed by atoms with Crippen molar-refractivity contribution in [2.45, 2.75) is 44.5 Å². The highest BCUT2D eigenvalue weighted by Crippen LogP contribution is 2.43. The van der Waals surface area contributed by atoms with E-state index in [2.05, 4.69) is 16.9 Å². The van der Waals surface area contributed by atoms with Crippen LogP contribution in [0.15, 0.2) is 36.5 Å². The molecule has 7 nitrogen and oxygen atoms in total. The number of aromatic nitrogens is 1. The highest BCUT2D eigenvalue weighted by molar-refractivity contribution is 7.81. The van der Waals surface area contributed by atoms with Crippen molar-refractivity contribution < 1.29 is 22.7 Å². The molecule has 35 heavy (non-hydrogen) atoms. The van der Waals surface area contributed by atoms with E-state index in [0.717, 1.165) is 43.1 Å². The van der Waals surface area contributed by atoms with Gasteiger partial charge in [-0.25, -0.2) is 4.98 Å². The Morgan fingerprint density at radius 1 is 1.17 bits per heavy atom. The first-order valence-electron chi connectivity index (χ1n) is 11.1. The molecule has 0 aliphatic carbocycles. The Balaban J connectivity index is 1.65. The minimum absolute atomic E-state index is 0.111. The normalized spacial score (nSPS) is 19.2. The van der Waals surface area contributed by atoms with Gasteiger partial charge in [-0.3, -0.25) is 9.69 Å². The number of carbonyl (C=O) groups excluding carboxylic acids is 1. The Kier molecular flexibility index (Phi) is 6.46. The molecule has 0 spiro atoms. The molecule has 1 amide bonds. The summed E-state index contributed by atoms with van der Waals surface area (Å²) >= 11 is 5.51. The fraction of sp³-hybridized carbons (Fsp3) is 0.417. The molecule has 184 valence electrons. The van der Waals surface area contributed by atoms with Crippen molar-refractivity contribution in [3.05, 3.63) is 47.8 Å². The fourth-order valence-electron chi connectivity index (χ4n) is 4.41. The minimum atomic E-state index is -4.91. The molecule has 0 N–H and O–H groups in total. The minimum Gasteiger partial charge on any atom is -0.490 e. The van der Waals surface area contributed by atoms with Gasteiger partial charge in [-0.15, -0.1) is 0 Å². The molecule has 4 rings (SSSR count).